The quantitative estimate of drug-likeness (QED) is 0.727. The van der Waals surface area contributed by atoms with Crippen LogP contribution in [0.4, 0.5) is 11.5 Å². The van der Waals surface area contributed by atoms with Crippen molar-refractivity contribution in [1.82, 2.24) is 14.8 Å². The zero-order valence-corrected chi connectivity index (χ0v) is 14.5. The van der Waals surface area contributed by atoms with Crippen molar-refractivity contribution >= 4 is 59.3 Å². The second-order valence-corrected chi connectivity index (χ2v) is 5.66. The minimum absolute atomic E-state index is 0. The van der Waals surface area contributed by atoms with Gasteiger partial charge in [-0.25, -0.2) is 9.67 Å². The van der Waals surface area contributed by atoms with E-state index in [4.69, 9.17) is 23.1 Å². The van der Waals surface area contributed by atoms with Crippen LogP contribution in [0, 0.1) is 0 Å². The summed E-state index contributed by atoms with van der Waals surface area (Å²) in [5, 5.41) is 7.75. The van der Waals surface area contributed by atoms with Gasteiger partial charge in [-0.3, -0.25) is 0 Å². The highest BCUT2D eigenvalue weighted by molar-refractivity contribution is 7.09. The Hall–Kier alpha value is -1.47. The second-order valence-electron chi connectivity index (χ2n) is 4.28. The predicted molar refractivity (Wildman–Crippen MR) is 97.2 cm³/mol. The van der Waals surface area contributed by atoms with Crippen LogP contribution in [-0.4, -0.2) is 14.8 Å². The Bertz CT molecular complexity index is 738. The summed E-state index contributed by atoms with van der Waals surface area (Å²) in [6.45, 7) is 0.515. The van der Waals surface area contributed by atoms with Crippen molar-refractivity contribution < 1.29 is 0 Å². The van der Waals surface area contributed by atoms with Crippen LogP contribution in [0.2, 0.25) is 5.02 Å². The van der Waals surface area contributed by atoms with Crippen molar-refractivity contribution in [1.29, 1.82) is 0 Å². The number of thiazole rings is 1. The molecule has 1 aromatic carbocycles. The maximum atomic E-state index is 5.88. The number of benzene rings is 1. The third-order valence-corrected chi connectivity index (χ3v) is 3.97. The van der Waals surface area contributed by atoms with Crippen molar-refractivity contribution in [3.05, 3.63) is 45.9 Å². The first kappa shape index (κ1) is 18.6. The molecule has 0 bridgehead atoms. The molecule has 0 radical (unpaired) electrons. The predicted octanol–water partition coefficient (Wildman–Crippen LogP) is 3.72. The lowest BCUT2D eigenvalue weighted by atomic mass is 10.2. The lowest BCUT2D eigenvalue weighted by molar-refractivity contribution is 0.694. The zero-order valence-electron chi connectivity index (χ0n) is 11.3. The van der Waals surface area contributed by atoms with E-state index >= 15 is 0 Å². The molecule has 4 N–H and O–H groups in total. The third kappa shape index (κ3) is 3.84. The normalized spacial score (nSPS) is 9.86. The number of aromatic nitrogens is 3. The van der Waals surface area contributed by atoms with Crippen LogP contribution < -0.4 is 11.5 Å². The summed E-state index contributed by atoms with van der Waals surface area (Å²) in [5.74, 6) is 0.466. The maximum Gasteiger partial charge on any atom is 0.145 e. The van der Waals surface area contributed by atoms with E-state index in [1.807, 2.05) is 29.6 Å². The first-order chi connectivity index (χ1) is 9.63. The van der Waals surface area contributed by atoms with Crippen molar-refractivity contribution in [2.24, 2.45) is 0 Å². The van der Waals surface area contributed by atoms with Crippen molar-refractivity contribution in [2.75, 3.05) is 11.5 Å². The van der Waals surface area contributed by atoms with Crippen LogP contribution in [0.25, 0.3) is 11.3 Å². The fraction of sp³-hybridized carbons (Fsp3) is 0.0769. The van der Waals surface area contributed by atoms with Gasteiger partial charge in [0.25, 0.3) is 0 Å². The molecule has 0 spiro atoms. The number of anilines is 2. The number of nitrogens with zero attached hydrogens (tertiary/aromatic N) is 3. The van der Waals surface area contributed by atoms with Crippen LogP contribution in [0.5, 0.6) is 0 Å². The van der Waals surface area contributed by atoms with Crippen LogP contribution in [0.3, 0.4) is 0 Å². The van der Waals surface area contributed by atoms with Gasteiger partial charge in [0.1, 0.15) is 10.8 Å². The van der Waals surface area contributed by atoms with E-state index in [2.05, 4.69) is 10.1 Å². The smallest absolute Gasteiger partial charge is 0.145 e. The van der Waals surface area contributed by atoms with E-state index in [-0.39, 0.29) is 24.8 Å². The van der Waals surface area contributed by atoms with Gasteiger partial charge in [0, 0.05) is 16.0 Å². The summed E-state index contributed by atoms with van der Waals surface area (Å²) in [4.78, 5) is 4.57. The van der Waals surface area contributed by atoms with Gasteiger partial charge in [-0.15, -0.1) is 36.2 Å². The molecule has 2 aromatic heterocycles. The standard InChI is InChI=1S/C13H12ClN5S.2ClH/c14-9-3-1-8(2-4-9)11-7-20-12(18-11)6-19-13(16)10(15)5-17-19;;/h1-5,7H,6,15-16H2;2*1H. The molecule has 3 rings (SSSR count). The number of nitrogens with two attached hydrogens (primary N) is 2. The van der Waals surface area contributed by atoms with Crippen LogP contribution in [0.15, 0.2) is 35.8 Å². The molecular formula is C13H14Cl3N5S. The maximum absolute atomic E-state index is 5.88. The highest BCUT2D eigenvalue weighted by Gasteiger charge is 2.09. The van der Waals surface area contributed by atoms with Gasteiger partial charge in [-0.05, 0) is 12.1 Å². The molecule has 22 heavy (non-hydrogen) atoms. The van der Waals surface area contributed by atoms with Gasteiger partial charge < -0.3 is 11.5 Å². The lowest BCUT2D eigenvalue weighted by Crippen LogP contribution is -2.06. The molecule has 2 heterocycles. The summed E-state index contributed by atoms with van der Waals surface area (Å²) >= 11 is 7.44. The highest BCUT2D eigenvalue weighted by atomic mass is 35.5. The van der Waals surface area contributed by atoms with Crippen molar-refractivity contribution in [2.45, 2.75) is 6.54 Å². The average molecular weight is 379 g/mol. The molecule has 0 fully saturated rings. The molecule has 0 atom stereocenters. The largest absolute Gasteiger partial charge is 0.394 e. The average Bonchev–Trinajstić information content (AvgIpc) is 3.02. The molecule has 0 aliphatic rings. The van der Waals surface area contributed by atoms with Crippen LogP contribution in [-0.2, 0) is 6.54 Å². The fourth-order valence-corrected chi connectivity index (χ4v) is 2.71. The number of halogens is 3. The fourth-order valence-electron chi connectivity index (χ4n) is 1.80. The highest BCUT2D eigenvalue weighted by Crippen LogP contribution is 2.24. The van der Waals surface area contributed by atoms with Gasteiger partial charge in [0.15, 0.2) is 0 Å². The van der Waals surface area contributed by atoms with Gasteiger partial charge >= 0.3 is 0 Å². The second kappa shape index (κ2) is 7.69. The summed E-state index contributed by atoms with van der Waals surface area (Å²) in [6.07, 6.45) is 1.54. The number of hydrogen-bond donors (Lipinski definition) is 2. The Morgan fingerprint density at radius 1 is 1.14 bits per heavy atom. The van der Waals surface area contributed by atoms with E-state index in [1.165, 1.54) is 0 Å². The van der Waals surface area contributed by atoms with Crippen molar-refractivity contribution in [3.8, 4) is 11.3 Å². The van der Waals surface area contributed by atoms with E-state index in [9.17, 15) is 0 Å². The Morgan fingerprint density at radius 2 is 1.82 bits per heavy atom. The molecule has 118 valence electrons. The summed E-state index contributed by atoms with van der Waals surface area (Å²) in [5.41, 5.74) is 13.9. The minimum Gasteiger partial charge on any atom is -0.394 e. The topological polar surface area (TPSA) is 82.8 Å². The van der Waals surface area contributed by atoms with E-state index in [1.54, 1.807) is 22.2 Å². The molecule has 0 amide bonds. The molecule has 3 aromatic rings. The monoisotopic (exact) mass is 377 g/mol. The Kier molecular flexibility index (Phi) is 6.49. The molecule has 0 saturated carbocycles. The summed E-state index contributed by atoms with van der Waals surface area (Å²) in [6, 6.07) is 7.59. The molecule has 0 saturated heterocycles. The Balaban J connectivity index is 0.00000121. The number of hydrogen-bond acceptors (Lipinski definition) is 5. The third-order valence-electron chi connectivity index (χ3n) is 2.89. The first-order valence-corrected chi connectivity index (χ1v) is 7.16. The minimum atomic E-state index is 0. The SMILES string of the molecule is Cl.Cl.Nc1cnn(Cc2nc(-c3ccc(Cl)cc3)cs2)c1N. The van der Waals surface area contributed by atoms with E-state index in [0.717, 1.165) is 16.3 Å². The van der Waals surface area contributed by atoms with Gasteiger partial charge in [0.2, 0.25) is 0 Å². The molecular weight excluding hydrogens is 365 g/mol. The molecule has 5 nitrogen and oxygen atoms in total. The number of nitrogen functional groups attached to an aromatic ring is 2. The Labute approximate surface area is 149 Å². The van der Waals surface area contributed by atoms with E-state index < -0.39 is 0 Å². The zero-order chi connectivity index (χ0) is 14.1. The van der Waals surface area contributed by atoms with Crippen LogP contribution >= 0.6 is 47.8 Å². The molecule has 0 unspecified atom stereocenters. The van der Waals surface area contributed by atoms with Crippen LogP contribution in [0.1, 0.15) is 5.01 Å². The van der Waals surface area contributed by atoms with Gasteiger partial charge in [-0.1, -0.05) is 23.7 Å². The van der Waals surface area contributed by atoms with Gasteiger partial charge in [-0.2, -0.15) is 5.10 Å². The molecule has 9 heteroatoms. The van der Waals surface area contributed by atoms with Gasteiger partial charge in [0.05, 0.1) is 24.1 Å². The van der Waals surface area contributed by atoms with Crippen molar-refractivity contribution in [3.63, 3.8) is 0 Å². The molecule has 0 aliphatic heterocycles. The summed E-state index contributed by atoms with van der Waals surface area (Å²) in [7, 11) is 0. The summed E-state index contributed by atoms with van der Waals surface area (Å²) < 4.78 is 1.64. The molecule has 0 aliphatic carbocycles. The first-order valence-electron chi connectivity index (χ1n) is 5.90. The Morgan fingerprint density at radius 3 is 2.41 bits per heavy atom. The van der Waals surface area contributed by atoms with E-state index in [0.29, 0.717) is 23.1 Å². The lowest BCUT2D eigenvalue weighted by Gasteiger charge is -2.01. The number of rotatable bonds is 3.